The molecule has 0 fully saturated rings. The SMILES string of the molecule is C[C@H]1C(=O)Nc2ccc(C(=O)COC(=O)CNC(=O)/C=C/c3ccccc3)cc21. The minimum Gasteiger partial charge on any atom is -0.456 e. The molecule has 0 unspecified atom stereocenters. The van der Waals surface area contributed by atoms with Crippen LogP contribution in [0.25, 0.3) is 6.08 Å². The summed E-state index contributed by atoms with van der Waals surface area (Å²) in [6.07, 6.45) is 2.94. The fraction of sp³-hybridized carbons (Fsp3) is 0.182. The van der Waals surface area contributed by atoms with Crippen molar-refractivity contribution >= 4 is 35.3 Å². The lowest BCUT2D eigenvalue weighted by Crippen LogP contribution is -2.30. The third-order valence-electron chi connectivity index (χ3n) is 4.49. The second-order valence-corrected chi connectivity index (χ2v) is 6.56. The van der Waals surface area contributed by atoms with Crippen molar-refractivity contribution < 1.29 is 23.9 Å². The molecule has 7 nitrogen and oxygen atoms in total. The number of hydrogen-bond acceptors (Lipinski definition) is 5. The zero-order chi connectivity index (χ0) is 20.8. The van der Waals surface area contributed by atoms with E-state index in [1.807, 2.05) is 30.3 Å². The minimum atomic E-state index is -0.716. The lowest BCUT2D eigenvalue weighted by atomic mass is 9.99. The van der Waals surface area contributed by atoms with Crippen LogP contribution in [0.3, 0.4) is 0 Å². The van der Waals surface area contributed by atoms with Gasteiger partial charge < -0.3 is 15.4 Å². The van der Waals surface area contributed by atoms with Gasteiger partial charge in [0.05, 0.1) is 5.92 Å². The smallest absolute Gasteiger partial charge is 0.325 e. The molecule has 0 radical (unpaired) electrons. The lowest BCUT2D eigenvalue weighted by molar-refractivity contribution is -0.142. The van der Waals surface area contributed by atoms with E-state index in [4.69, 9.17) is 4.74 Å². The van der Waals surface area contributed by atoms with Gasteiger partial charge in [-0.2, -0.15) is 0 Å². The van der Waals surface area contributed by atoms with E-state index in [-0.39, 0.29) is 24.2 Å². The Bertz CT molecular complexity index is 982. The van der Waals surface area contributed by atoms with E-state index < -0.39 is 18.5 Å². The standard InChI is InChI=1S/C22H20N2O5/c1-14-17-11-16(8-9-18(17)24-22(14)28)19(25)13-29-21(27)12-23-20(26)10-7-15-5-3-2-4-6-15/h2-11,14H,12-13H2,1H3,(H,23,26)(H,24,28)/b10-7+/t14-/m1/s1. The number of rotatable bonds is 7. The Morgan fingerprint density at radius 3 is 2.66 bits per heavy atom. The molecule has 0 saturated heterocycles. The van der Waals surface area contributed by atoms with Crippen LogP contribution in [0.1, 0.15) is 34.3 Å². The number of fused-ring (bicyclic) bond motifs is 1. The number of esters is 1. The molecule has 3 rings (SSSR count). The van der Waals surface area contributed by atoms with Crippen LogP contribution >= 0.6 is 0 Å². The monoisotopic (exact) mass is 392 g/mol. The van der Waals surface area contributed by atoms with Crippen molar-refractivity contribution in [3.63, 3.8) is 0 Å². The molecule has 1 aliphatic rings. The van der Waals surface area contributed by atoms with E-state index in [2.05, 4.69) is 10.6 Å². The summed E-state index contributed by atoms with van der Waals surface area (Å²) in [5.41, 5.74) is 2.64. The van der Waals surface area contributed by atoms with Crippen LogP contribution in [0.5, 0.6) is 0 Å². The average Bonchev–Trinajstić information content (AvgIpc) is 3.02. The Morgan fingerprint density at radius 1 is 1.14 bits per heavy atom. The number of amides is 2. The molecule has 1 atom stereocenters. The largest absolute Gasteiger partial charge is 0.456 e. The first-order valence-corrected chi connectivity index (χ1v) is 9.08. The van der Waals surface area contributed by atoms with Crippen molar-refractivity contribution in [1.29, 1.82) is 0 Å². The minimum absolute atomic E-state index is 0.118. The highest BCUT2D eigenvalue weighted by molar-refractivity contribution is 6.05. The molecule has 1 aliphatic heterocycles. The zero-order valence-electron chi connectivity index (χ0n) is 15.8. The number of carbonyl (C=O) groups is 4. The van der Waals surface area contributed by atoms with Gasteiger partial charge in [-0.1, -0.05) is 30.3 Å². The summed E-state index contributed by atoms with van der Waals surface area (Å²) in [6.45, 7) is 0.971. The summed E-state index contributed by atoms with van der Waals surface area (Å²) < 4.78 is 4.93. The summed E-state index contributed by atoms with van der Waals surface area (Å²) in [5.74, 6) is -2.00. The van der Waals surface area contributed by atoms with Crippen molar-refractivity contribution in [2.24, 2.45) is 0 Å². The summed E-state index contributed by atoms with van der Waals surface area (Å²) >= 11 is 0. The van der Waals surface area contributed by atoms with Crippen LogP contribution in [-0.2, 0) is 19.1 Å². The molecule has 0 aliphatic carbocycles. The van der Waals surface area contributed by atoms with Gasteiger partial charge >= 0.3 is 5.97 Å². The summed E-state index contributed by atoms with van der Waals surface area (Å²) in [5, 5.41) is 5.13. The number of ketones is 1. The Labute approximate surface area is 167 Å². The number of nitrogens with one attached hydrogen (secondary N) is 2. The van der Waals surface area contributed by atoms with Gasteiger partial charge in [0, 0.05) is 17.3 Å². The number of hydrogen-bond donors (Lipinski definition) is 2. The van der Waals surface area contributed by atoms with Gasteiger partial charge in [-0.05, 0) is 42.3 Å². The quantitative estimate of drug-likeness (QED) is 0.428. The molecule has 148 valence electrons. The molecule has 2 amide bonds. The summed E-state index contributed by atoms with van der Waals surface area (Å²) in [7, 11) is 0. The third-order valence-corrected chi connectivity index (χ3v) is 4.49. The van der Waals surface area contributed by atoms with Gasteiger partial charge in [0.15, 0.2) is 12.4 Å². The van der Waals surface area contributed by atoms with Crippen LogP contribution in [0.2, 0.25) is 0 Å². The molecule has 2 N–H and O–H groups in total. The maximum absolute atomic E-state index is 12.3. The lowest BCUT2D eigenvalue weighted by Gasteiger charge is -2.07. The van der Waals surface area contributed by atoms with Gasteiger partial charge in [-0.15, -0.1) is 0 Å². The van der Waals surface area contributed by atoms with Crippen LogP contribution < -0.4 is 10.6 Å². The van der Waals surface area contributed by atoms with Crippen molar-refractivity contribution in [3.8, 4) is 0 Å². The molecule has 1 heterocycles. The first-order chi connectivity index (χ1) is 13.9. The molecule has 2 aromatic rings. The van der Waals surface area contributed by atoms with E-state index in [1.54, 1.807) is 31.2 Å². The van der Waals surface area contributed by atoms with Crippen LogP contribution in [-0.4, -0.2) is 36.7 Å². The van der Waals surface area contributed by atoms with Crippen LogP contribution in [0.4, 0.5) is 5.69 Å². The molecular weight excluding hydrogens is 372 g/mol. The molecule has 0 bridgehead atoms. The first-order valence-electron chi connectivity index (χ1n) is 9.08. The van der Waals surface area contributed by atoms with Crippen LogP contribution in [0.15, 0.2) is 54.6 Å². The Balaban J connectivity index is 1.45. The van der Waals surface area contributed by atoms with E-state index >= 15 is 0 Å². The molecule has 29 heavy (non-hydrogen) atoms. The average molecular weight is 392 g/mol. The predicted octanol–water partition coefficient (Wildman–Crippen LogP) is 2.30. The van der Waals surface area contributed by atoms with Gasteiger partial charge in [0.2, 0.25) is 11.8 Å². The maximum Gasteiger partial charge on any atom is 0.325 e. The Hall–Kier alpha value is -3.74. The van der Waals surface area contributed by atoms with Gasteiger partial charge in [0.25, 0.3) is 0 Å². The Morgan fingerprint density at radius 2 is 1.90 bits per heavy atom. The topological polar surface area (TPSA) is 102 Å². The zero-order valence-corrected chi connectivity index (χ0v) is 15.8. The molecule has 2 aromatic carbocycles. The first kappa shape index (κ1) is 20.0. The fourth-order valence-corrected chi connectivity index (χ4v) is 2.83. The third kappa shape index (κ3) is 5.16. The van der Waals surface area contributed by atoms with Crippen molar-refractivity contribution in [2.45, 2.75) is 12.8 Å². The number of benzene rings is 2. The van der Waals surface area contributed by atoms with E-state index in [0.29, 0.717) is 11.3 Å². The Kier molecular flexibility index (Phi) is 6.19. The number of carbonyl (C=O) groups excluding carboxylic acids is 4. The number of ether oxygens (including phenoxy) is 1. The second-order valence-electron chi connectivity index (χ2n) is 6.56. The van der Waals surface area contributed by atoms with E-state index in [1.165, 1.54) is 6.08 Å². The molecule has 7 heteroatoms. The predicted molar refractivity (Wildman–Crippen MR) is 107 cm³/mol. The second kappa shape index (κ2) is 8.97. The highest BCUT2D eigenvalue weighted by atomic mass is 16.5. The maximum atomic E-state index is 12.3. The van der Waals surface area contributed by atoms with Crippen molar-refractivity contribution in [3.05, 3.63) is 71.3 Å². The molecule has 0 aromatic heterocycles. The van der Waals surface area contributed by atoms with Crippen LogP contribution in [0, 0.1) is 0 Å². The van der Waals surface area contributed by atoms with Gasteiger partial charge in [0.1, 0.15) is 6.54 Å². The molecule has 0 saturated carbocycles. The van der Waals surface area contributed by atoms with E-state index in [9.17, 15) is 19.2 Å². The summed E-state index contributed by atoms with van der Waals surface area (Å²) in [4.78, 5) is 47.4. The molecular formula is C22H20N2O5. The fourth-order valence-electron chi connectivity index (χ4n) is 2.83. The number of anilines is 1. The van der Waals surface area contributed by atoms with Gasteiger partial charge in [-0.3, -0.25) is 19.2 Å². The van der Waals surface area contributed by atoms with Crippen molar-refractivity contribution in [2.75, 3.05) is 18.5 Å². The normalized spacial score (nSPS) is 14.9. The van der Waals surface area contributed by atoms with Gasteiger partial charge in [-0.25, -0.2) is 0 Å². The summed E-state index contributed by atoms with van der Waals surface area (Å²) in [6, 6.07) is 14.1. The van der Waals surface area contributed by atoms with Crippen molar-refractivity contribution in [1.82, 2.24) is 5.32 Å². The highest BCUT2D eigenvalue weighted by Gasteiger charge is 2.27. The van der Waals surface area contributed by atoms with E-state index in [0.717, 1.165) is 11.1 Å². The number of Topliss-reactive ketones (excluding diaryl/α,β-unsaturated/α-hetero) is 1. The molecule has 0 spiro atoms. The highest BCUT2D eigenvalue weighted by Crippen LogP contribution is 2.32.